The van der Waals surface area contributed by atoms with Crippen molar-refractivity contribution in [2.24, 2.45) is 4.99 Å². The highest BCUT2D eigenvalue weighted by Crippen LogP contribution is 2.17. The topological polar surface area (TPSA) is 76.3 Å². The number of aliphatic imine (C=N–C) groups is 1. The van der Waals surface area contributed by atoms with Crippen LogP contribution in [0.15, 0.2) is 4.99 Å². The first kappa shape index (κ1) is 12.8. The van der Waals surface area contributed by atoms with Crippen LogP contribution in [0.1, 0.15) is 6.42 Å². The average molecular weight is 278 g/mol. The highest BCUT2D eigenvalue weighted by Gasteiger charge is 2.51. The molecule has 0 aromatic carbocycles. The minimum Gasteiger partial charge on any atom is -0.339 e. The molecule has 3 heterocycles. The quantitative estimate of drug-likeness (QED) is 0.581. The smallest absolute Gasteiger partial charge is 0.333 e. The molecule has 3 aliphatic rings. The number of nitrogens with zero attached hydrogens (tertiary/aromatic N) is 5. The molecule has 0 aromatic rings. The molecule has 0 radical (unpaired) electrons. The zero-order valence-electron chi connectivity index (χ0n) is 11.4. The first-order chi connectivity index (χ1) is 9.50. The molecule has 8 nitrogen and oxygen atoms in total. The normalized spacial score (nSPS) is 25.3. The summed E-state index contributed by atoms with van der Waals surface area (Å²) in [5, 5.41) is 0. The van der Waals surface area contributed by atoms with Crippen molar-refractivity contribution in [2.45, 2.75) is 12.5 Å². The maximum atomic E-state index is 12.2. The summed E-state index contributed by atoms with van der Waals surface area (Å²) < 4.78 is 1.60. The molecule has 4 amide bonds. The van der Waals surface area contributed by atoms with Gasteiger partial charge >= 0.3 is 6.03 Å². The molecule has 1 atom stereocenters. The highest BCUT2D eigenvalue weighted by atomic mass is 16.2. The molecule has 20 heavy (non-hydrogen) atoms. The first-order valence-electron chi connectivity index (χ1n) is 6.50. The number of fused-ring (bicyclic) bond motifs is 1. The van der Waals surface area contributed by atoms with Gasteiger partial charge in [-0.05, 0) is 11.4 Å². The van der Waals surface area contributed by atoms with Crippen LogP contribution in [0.25, 0.3) is 0 Å². The molecule has 0 saturated carbocycles. The van der Waals surface area contributed by atoms with Gasteiger partial charge in [0.05, 0.1) is 0 Å². The number of hydrogen-bond acceptors (Lipinski definition) is 4. The summed E-state index contributed by atoms with van der Waals surface area (Å²) in [6.45, 7) is 1.66. The van der Waals surface area contributed by atoms with E-state index in [2.05, 4.69) is 4.99 Å². The van der Waals surface area contributed by atoms with E-state index >= 15 is 0 Å². The third-order valence-electron chi connectivity index (χ3n) is 3.92. The van der Waals surface area contributed by atoms with Gasteiger partial charge in [-0.25, -0.2) is 9.37 Å². The Morgan fingerprint density at radius 3 is 2.65 bits per heavy atom. The van der Waals surface area contributed by atoms with E-state index in [1.54, 1.807) is 16.5 Å². The lowest BCUT2D eigenvalue weighted by atomic mass is 10.1. The van der Waals surface area contributed by atoms with E-state index in [1.807, 2.05) is 0 Å². The second-order valence-electron chi connectivity index (χ2n) is 5.15. The summed E-state index contributed by atoms with van der Waals surface area (Å²) >= 11 is 0. The molecule has 0 N–H and O–H groups in total. The molecule has 0 bridgehead atoms. The van der Waals surface area contributed by atoms with Gasteiger partial charge < -0.3 is 4.90 Å². The fraction of sp³-hybridized carbons (Fsp3) is 0.583. The van der Waals surface area contributed by atoms with Gasteiger partial charge in [0, 0.05) is 27.2 Å². The van der Waals surface area contributed by atoms with Crippen LogP contribution in [0.4, 0.5) is 4.79 Å². The Morgan fingerprint density at radius 1 is 1.35 bits per heavy atom. The lowest BCUT2D eigenvalue weighted by Gasteiger charge is -2.32. The first-order valence-corrected chi connectivity index (χ1v) is 6.50. The van der Waals surface area contributed by atoms with Crippen LogP contribution in [-0.4, -0.2) is 89.1 Å². The fourth-order valence-electron chi connectivity index (χ4n) is 2.50. The fourth-order valence-corrected chi connectivity index (χ4v) is 2.50. The molecule has 0 spiro atoms. The number of likely N-dealkylation sites (tertiary alicyclic amines) is 1. The molecule has 3 rings (SSSR count). The molecular formula is C12H16N5O3+. The van der Waals surface area contributed by atoms with Gasteiger partial charge in [-0.1, -0.05) is 0 Å². The third-order valence-corrected chi connectivity index (χ3v) is 3.92. The zero-order valence-corrected chi connectivity index (χ0v) is 11.4. The van der Waals surface area contributed by atoms with Crippen molar-refractivity contribution in [3.05, 3.63) is 0 Å². The van der Waals surface area contributed by atoms with Gasteiger partial charge in [-0.2, -0.15) is 0 Å². The summed E-state index contributed by atoms with van der Waals surface area (Å²) in [6.07, 6.45) is 2.50. The van der Waals surface area contributed by atoms with Crippen LogP contribution in [-0.2, 0) is 9.59 Å². The summed E-state index contributed by atoms with van der Waals surface area (Å²) in [4.78, 5) is 44.3. The van der Waals surface area contributed by atoms with Gasteiger partial charge in [0.15, 0.2) is 6.54 Å². The van der Waals surface area contributed by atoms with Crippen molar-refractivity contribution < 1.29 is 19.0 Å². The van der Waals surface area contributed by atoms with Crippen LogP contribution < -0.4 is 0 Å². The van der Waals surface area contributed by atoms with E-state index < -0.39 is 12.1 Å². The van der Waals surface area contributed by atoms with Gasteiger partial charge in [0.2, 0.25) is 0 Å². The van der Waals surface area contributed by atoms with Crippen LogP contribution in [0.5, 0.6) is 0 Å². The Morgan fingerprint density at radius 2 is 2.05 bits per heavy atom. The van der Waals surface area contributed by atoms with Crippen molar-refractivity contribution in [3.8, 4) is 0 Å². The van der Waals surface area contributed by atoms with Crippen LogP contribution >= 0.6 is 0 Å². The predicted octanol–water partition coefficient (Wildman–Crippen LogP) is -1.44. The number of amidine groups is 1. The Bertz CT molecular complexity index is 563. The van der Waals surface area contributed by atoms with Crippen molar-refractivity contribution >= 4 is 30.0 Å². The van der Waals surface area contributed by atoms with Crippen LogP contribution in [0, 0.1) is 0 Å². The summed E-state index contributed by atoms with van der Waals surface area (Å²) in [5.41, 5.74) is 0. The molecule has 2 fully saturated rings. The SMILES string of the molecule is CN1C(=O)C2C(=NC=[N+]2CC(=O)N2CCC2)N(C)C1=O. The van der Waals surface area contributed by atoms with E-state index in [4.69, 9.17) is 0 Å². The number of rotatable bonds is 2. The molecule has 106 valence electrons. The lowest BCUT2D eigenvalue weighted by Crippen LogP contribution is -2.62. The Hall–Kier alpha value is -2.25. The minimum atomic E-state index is -0.673. The number of carbonyl (C=O) groups excluding carboxylic acids is 3. The molecular weight excluding hydrogens is 262 g/mol. The van der Waals surface area contributed by atoms with E-state index in [1.165, 1.54) is 18.3 Å². The van der Waals surface area contributed by atoms with Crippen molar-refractivity contribution in [1.29, 1.82) is 0 Å². The predicted molar refractivity (Wildman–Crippen MR) is 69.5 cm³/mol. The molecule has 0 aromatic heterocycles. The maximum absolute atomic E-state index is 12.2. The number of imide groups is 1. The molecule has 2 saturated heterocycles. The second kappa shape index (κ2) is 4.39. The maximum Gasteiger partial charge on any atom is 0.333 e. The minimum absolute atomic E-state index is 0.0149. The average Bonchev–Trinajstić information content (AvgIpc) is 2.75. The standard InChI is InChI=1S/C12H16N5O3/c1-14-10-9(11(19)15(2)12(14)20)17(7-13-10)6-8(18)16-4-3-5-16/h7,9H,3-6H2,1-2H3/q+1. The molecule has 3 aliphatic heterocycles. The lowest BCUT2D eigenvalue weighted by molar-refractivity contribution is -0.520. The molecule has 1 unspecified atom stereocenters. The van der Waals surface area contributed by atoms with Gasteiger partial charge in [-0.3, -0.25) is 19.4 Å². The van der Waals surface area contributed by atoms with Gasteiger partial charge in [0.1, 0.15) is 0 Å². The Balaban J connectivity index is 1.78. The summed E-state index contributed by atoms with van der Waals surface area (Å²) in [7, 11) is 3.01. The Labute approximate surface area is 116 Å². The number of carbonyl (C=O) groups is 3. The van der Waals surface area contributed by atoms with Crippen molar-refractivity contribution in [1.82, 2.24) is 14.7 Å². The van der Waals surface area contributed by atoms with E-state index in [-0.39, 0.29) is 18.4 Å². The van der Waals surface area contributed by atoms with Gasteiger partial charge in [-0.15, -0.1) is 0 Å². The highest BCUT2D eigenvalue weighted by molar-refractivity contribution is 6.21. The van der Waals surface area contributed by atoms with Crippen molar-refractivity contribution in [3.63, 3.8) is 0 Å². The number of urea groups is 1. The van der Waals surface area contributed by atoms with Crippen LogP contribution in [0.3, 0.4) is 0 Å². The van der Waals surface area contributed by atoms with Gasteiger partial charge in [0.25, 0.3) is 30.0 Å². The van der Waals surface area contributed by atoms with E-state index in [9.17, 15) is 14.4 Å². The number of hydrogen-bond donors (Lipinski definition) is 0. The van der Waals surface area contributed by atoms with Crippen LogP contribution in [0.2, 0.25) is 0 Å². The van der Waals surface area contributed by atoms with E-state index in [0.717, 1.165) is 24.4 Å². The largest absolute Gasteiger partial charge is 0.339 e. The number of amides is 4. The summed E-state index contributed by atoms with van der Waals surface area (Å²) in [6, 6.07) is -1.08. The third kappa shape index (κ3) is 1.71. The monoisotopic (exact) mass is 278 g/mol. The van der Waals surface area contributed by atoms with E-state index in [0.29, 0.717) is 5.84 Å². The molecule has 0 aliphatic carbocycles. The zero-order chi connectivity index (χ0) is 14.4. The number of likely N-dealkylation sites (N-methyl/N-ethyl adjacent to an activating group) is 2. The Kier molecular flexibility index (Phi) is 2.81. The molecule has 8 heteroatoms. The summed E-state index contributed by atoms with van der Waals surface area (Å²) in [5.74, 6) is 0.0190. The van der Waals surface area contributed by atoms with Crippen molar-refractivity contribution in [2.75, 3.05) is 33.7 Å². The second-order valence-corrected chi connectivity index (χ2v) is 5.15.